The number of amides is 2. The van der Waals surface area contributed by atoms with E-state index in [4.69, 9.17) is 0 Å². The van der Waals surface area contributed by atoms with Crippen LogP contribution in [-0.4, -0.2) is 57.9 Å². The third-order valence-corrected chi connectivity index (χ3v) is 4.53. The van der Waals surface area contributed by atoms with Crippen LogP contribution in [-0.2, 0) is 13.6 Å². The van der Waals surface area contributed by atoms with Crippen LogP contribution in [0.1, 0.15) is 30.1 Å². The number of piperidine rings is 1. The van der Waals surface area contributed by atoms with Gasteiger partial charge in [0.05, 0.1) is 0 Å². The summed E-state index contributed by atoms with van der Waals surface area (Å²) < 4.78 is 1.94. The molecular weight excluding hydrogens is 318 g/mol. The first-order chi connectivity index (χ1) is 12.0. The zero-order valence-corrected chi connectivity index (χ0v) is 15.0. The molecule has 1 fully saturated rings. The maximum Gasteiger partial charge on any atom is 0.317 e. The number of carbonyl (C=O) groups excluding carboxylic acids is 1. The van der Waals surface area contributed by atoms with Gasteiger partial charge in [-0.3, -0.25) is 0 Å². The van der Waals surface area contributed by atoms with Crippen LogP contribution in [0.15, 0.2) is 24.7 Å². The second kappa shape index (κ2) is 7.50. The lowest BCUT2D eigenvalue weighted by Crippen LogP contribution is -2.45. The van der Waals surface area contributed by atoms with E-state index in [0.717, 1.165) is 36.6 Å². The molecule has 8 nitrogen and oxygen atoms in total. The molecular formula is C17H25N7O. The molecule has 1 aliphatic rings. The number of anilines is 1. The Hall–Kier alpha value is -2.64. The number of pyridine rings is 1. The van der Waals surface area contributed by atoms with E-state index in [1.54, 1.807) is 12.5 Å². The molecule has 0 bridgehead atoms. The summed E-state index contributed by atoms with van der Waals surface area (Å²) in [6.07, 6.45) is 5.49. The van der Waals surface area contributed by atoms with Crippen molar-refractivity contribution in [3.05, 3.63) is 36.0 Å². The zero-order valence-electron chi connectivity index (χ0n) is 15.0. The second-order valence-corrected chi connectivity index (χ2v) is 6.66. The smallest absolute Gasteiger partial charge is 0.317 e. The highest BCUT2D eigenvalue weighted by Gasteiger charge is 2.27. The SMILES string of the molecule is CN(C)c1cc(CNC(=O)N2CCC[C@H](c3nncn3C)C2)ccn1. The van der Waals surface area contributed by atoms with E-state index in [9.17, 15) is 4.79 Å². The fourth-order valence-corrected chi connectivity index (χ4v) is 3.14. The molecule has 0 aromatic carbocycles. The van der Waals surface area contributed by atoms with Crippen molar-refractivity contribution in [2.24, 2.45) is 7.05 Å². The van der Waals surface area contributed by atoms with Crippen molar-refractivity contribution in [1.82, 2.24) is 30.0 Å². The van der Waals surface area contributed by atoms with Gasteiger partial charge < -0.3 is 19.7 Å². The number of hydrogen-bond acceptors (Lipinski definition) is 5. The molecule has 134 valence electrons. The van der Waals surface area contributed by atoms with Crippen molar-refractivity contribution in [1.29, 1.82) is 0 Å². The van der Waals surface area contributed by atoms with Crippen molar-refractivity contribution in [3.63, 3.8) is 0 Å². The first-order valence-corrected chi connectivity index (χ1v) is 8.53. The minimum absolute atomic E-state index is 0.0323. The van der Waals surface area contributed by atoms with Gasteiger partial charge in [-0.25, -0.2) is 9.78 Å². The fourth-order valence-electron chi connectivity index (χ4n) is 3.14. The van der Waals surface area contributed by atoms with Gasteiger partial charge in [0.25, 0.3) is 0 Å². The zero-order chi connectivity index (χ0) is 17.8. The third-order valence-electron chi connectivity index (χ3n) is 4.53. The number of hydrogen-bond donors (Lipinski definition) is 1. The number of likely N-dealkylation sites (tertiary alicyclic amines) is 1. The molecule has 3 rings (SSSR count). The number of aryl methyl sites for hydroxylation is 1. The minimum Gasteiger partial charge on any atom is -0.363 e. The van der Waals surface area contributed by atoms with E-state index in [1.165, 1.54) is 0 Å². The highest BCUT2D eigenvalue weighted by atomic mass is 16.2. The quantitative estimate of drug-likeness (QED) is 0.907. The van der Waals surface area contributed by atoms with Crippen LogP contribution in [0.5, 0.6) is 0 Å². The summed E-state index contributed by atoms with van der Waals surface area (Å²) >= 11 is 0. The lowest BCUT2D eigenvalue weighted by atomic mass is 9.97. The van der Waals surface area contributed by atoms with Gasteiger partial charge in [-0.15, -0.1) is 10.2 Å². The molecule has 3 heterocycles. The van der Waals surface area contributed by atoms with Crippen molar-refractivity contribution in [3.8, 4) is 0 Å². The summed E-state index contributed by atoms with van der Waals surface area (Å²) in [5, 5.41) is 11.2. The van der Waals surface area contributed by atoms with Crippen LogP contribution < -0.4 is 10.2 Å². The molecule has 2 aromatic heterocycles. The summed E-state index contributed by atoms with van der Waals surface area (Å²) in [4.78, 5) is 20.6. The molecule has 0 unspecified atom stereocenters. The van der Waals surface area contributed by atoms with Crippen LogP contribution in [0.25, 0.3) is 0 Å². The third kappa shape index (κ3) is 4.07. The first kappa shape index (κ1) is 17.2. The van der Waals surface area contributed by atoms with Crippen molar-refractivity contribution >= 4 is 11.8 Å². The summed E-state index contributed by atoms with van der Waals surface area (Å²) in [5.41, 5.74) is 1.04. The number of nitrogens with one attached hydrogen (secondary N) is 1. The van der Waals surface area contributed by atoms with Crippen LogP contribution in [0, 0.1) is 0 Å². The summed E-state index contributed by atoms with van der Waals surface area (Å²) in [5.74, 6) is 2.07. The van der Waals surface area contributed by atoms with Gasteiger partial charge in [0.15, 0.2) is 0 Å². The highest BCUT2D eigenvalue weighted by Crippen LogP contribution is 2.25. The first-order valence-electron chi connectivity index (χ1n) is 8.53. The Bertz CT molecular complexity index is 727. The molecule has 1 aliphatic heterocycles. The highest BCUT2D eigenvalue weighted by molar-refractivity contribution is 5.74. The summed E-state index contributed by atoms with van der Waals surface area (Å²) in [6.45, 7) is 1.95. The van der Waals surface area contributed by atoms with E-state index in [-0.39, 0.29) is 11.9 Å². The number of carbonyl (C=O) groups is 1. The Morgan fingerprint density at radius 3 is 3.00 bits per heavy atom. The van der Waals surface area contributed by atoms with E-state index in [0.29, 0.717) is 13.1 Å². The Balaban J connectivity index is 1.58. The Morgan fingerprint density at radius 2 is 2.28 bits per heavy atom. The van der Waals surface area contributed by atoms with E-state index < -0.39 is 0 Å². The topological polar surface area (TPSA) is 79.2 Å². The van der Waals surface area contributed by atoms with Crippen LogP contribution in [0.3, 0.4) is 0 Å². The van der Waals surface area contributed by atoms with Gasteiger partial charge in [0.2, 0.25) is 0 Å². The maximum absolute atomic E-state index is 12.5. The average molecular weight is 343 g/mol. The van der Waals surface area contributed by atoms with Crippen molar-refractivity contribution in [2.75, 3.05) is 32.1 Å². The van der Waals surface area contributed by atoms with E-state index in [2.05, 4.69) is 20.5 Å². The number of aromatic nitrogens is 4. The molecule has 8 heteroatoms. The van der Waals surface area contributed by atoms with Crippen molar-refractivity contribution < 1.29 is 4.79 Å². The molecule has 0 aliphatic carbocycles. The van der Waals surface area contributed by atoms with Gasteiger partial charge in [-0.05, 0) is 30.5 Å². The van der Waals surface area contributed by atoms with Gasteiger partial charge in [-0.2, -0.15) is 0 Å². The summed E-state index contributed by atoms with van der Waals surface area (Å²) in [7, 11) is 5.84. The normalized spacial score (nSPS) is 17.4. The van der Waals surface area contributed by atoms with Gasteiger partial charge >= 0.3 is 6.03 Å². The minimum atomic E-state index is -0.0323. The molecule has 25 heavy (non-hydrogen) atoms. The largest absolute Gasteiger partial charge is 0.363 e. The standard InChI is InChI=1S/C17H25N7O/c1-22(2)15-9-13(6-7-18-15)10-19-17(25)24-8-4-5-14(11-24)16-21-20-12-23(16)3/h6-7,9,12,14H,4-5,8,10-11H2,1-3H3,(H,19,25)/t14-/m0/s1. The lowest BCUT2D eigenvalue weighted by Gasteiger charge is -2.32. The van der Waals surface area contributed by atoms with Crippen LogP contribution in [0.4, 0.5) is 10.6 Å². The van der Waals surface area contributed by atoms with Gasteiger partial charge in [-0.1, -0.05) is 0 Å². The molecule has 1 saturated heterocycles. The van der Waals surface area contributed by atoms with Crippen LogP contribution >= 0.6 is 0 Å². The lowest BCUT2D eigenvalue weighted by molar-refractivity contribution is 0.177. The Kier molecular flexibility index (Phi) is 5.16. The van der Waals surface area contributed by atoms with Gasteiger partial charge in [0, 0.05) is 52.9 Å². The predicted molar refractivity (Wildman–Crippen MR) is 95.4 cm³/mol. The fraction of sp³-hybridized carbons (Fsp3) is 0.529. The summed E-state index contributed by atoms with van der Waals surface area (Å²) in [6, 6.07) is 3.88. The predicted octanol–water partition coefficient (Wildman–Crippen LogP) is 1.37. The molecule has 1 atom stereocenters. The molecule has 1 N–H and O–H groups in total. The monoisotopic (exact) mass is 343 g/mol. The van der Waals surface area contributed by atoms with Crippen LogP contribution in [0.2, 0.25) is 0 Å². The Labute approximate surface area is 147 Å². The number of urea groups is 1. The van der Waals surface area contributed by atoms with E-state index >= 15 is 0 Å². The Morgan fingerprint density at radius 1 is 1.44 bits per heavy atom. The maximum atomic E-state index is 12.5. The molecule has 0 spiro atoms. The molecule has 2 amide bonds. The number of rotatable bonds is 4. The van der Waals surface area contributed by atoms with Crippen molar-refractivity contribution in [2.45, 2.75) is 25.3 Å². The van der Waals surface area contributed by atoms with Gasteiger partial charge in [0.1, 0.15) is 18.0 Å². The average Bonchev–Trinajstić information content (AvgIpc) is 3.06. The molecule has 2 aromatic rings. The second-order valence-electron chi connectivity index (χ2n) is 6.66. The molecule has 0 saturated carbocycles. The number of nitrogens with zero attached hydrogens (tertiary/aromatic N) is 6. The molecule has 0 radical (unpaired) electrons. The van der Waals surface area contributed by atoms with E-state index in [1.807, 2.05) is 47.6 Å².